The van der Waals surface area contributed by atoms with Crippen molar-refractivity contribution in [1.29, 1.82) is 0 Å². The quantitative estimate of drug-likeness (QED) is 0.631. The van der Waals surface area contributed by atoms with Crippen LogP contribution >= 0.6 is 0 Å². The van der Waals surface area contributed by atoms with Gasteiger partial charge in [0.05, 0.1) is 11.5 Å². The zero-order chi connectivity index (χ0) is 10.1. The molecule has 1 saturated heterocycles. The average molecular weight is 204 g/mol. The van der Waals surface area contributed by atoms with Crippen LogP contribution in [0.2, 0.25) is 0 Å². The van der Waals surface area contributed by atoms with Gasteiger partial charge >= 0.3 is 0 Å². The standard InChI is InChI=1S/C9H16O3S/c1-9(2,7-10)8-3-5-13(11,12)6-4-8/h7-8H,3-6H2,1-2H3. The fraction of sp³-hybridized carbons (Fsp3) is 0.889. The first-order valence-corrected chi connectivity index (χ1v) is 6.36. The molecule has 0 amide bonds. The van der Waals surface area contributed by atoms with E-state index in [1.165, 1.54) is 0 Å². The van der Waals surface area contributed by atoms with Crippen molar-refractivity contribution in [3.05, 3.63) is 0 Å². The molecule has 0 bridgehead atoms. The molecule has 0 N–H and O–H groups in total. The molecule has 0 saturated carbocycles. The Balaban J connectivity index is 2.65. The predicted octanol–water partition coefficient (Wildman–Crippen LogP) is 1.04. The van der Waals surface area contributed by atoms with Crippen molar-refractivity contribution in [2.75, 3.05) is 11.5 Å². The van der Waals surface area contributed by atoms with E-state index >= 15 is 0 Å². The molecule has 1 rings (SSSR count). The molecule has 1 aliphatic rings. The van der Waals surface area contributed by atoms with Crippen molar-refractivity contribution in [1.82, 2.24) is 0 Å². The van der Waals surface area contributed by atoms with Crippen LogP contribution in [0.15, 0.2) is 0 Å². The van der Waals surface area contributed by atoms with Gasteiger partial charge < -0.3 is 4.79 Å². The molecule has 76 valence electrons. The lowest BCUT2D eigenvalue weighted by Crippen LogP contribution is -2.33. The number of carbonyl (C=O) groups excluding carboxylic acids is 1. The van der Waals surface area contributed by atoms with Crippen LogP contribution in [0.5, 0.6) is 0 Å². The summed E-state index contributed by atoms with van der Waals surface area (Å²) in [5.41, 5.74) is -0.365. The van der Waals surface area contributed by atoms with Crippen LogP contribution in [0.25, 0.3) is 0 Å². The molecule has 13 heavy (non-hydrogen) atoms. The van der Waals surface area contributed by atoms with Gasteiger partial charge in [0.15, 0.2) is 0 Å². The second-order valence-corrected chi connectivity index (χ2v) is 6.67. The third-order valence-electron chi connectivity index (χ3n) is 2.91. The Morgan fingerprint density at radius 2 is 1.69 bits per heavy atom. The minimum Gasteiger partial charge on any atom is -0.303 e. The van der Waals surface area contributed by atoms with Gasteiger partial charge in [0.1, 0.15) is 16.1 Å². The van der Waals surface area contributed by atoms with E-state index in [1.807, 2.05) is 13.8 Å². The van der Waals surface area contributed by atoms with E-state index in [2.05, 4.69) is 0 Å². The van der Waals surface area contributed by atoms with E-state index in [9.17, 15) is 13.2 Å². The molecule has 0 radical (unpaired) electrons. The summed E-state index contributed by atoms with van der Waals surface area (Å²) in [7, 11) is -2.80. The third-order valence-corrected chi connectivity index (χ3v) is 4.63. The molecular weight excluding hydrogens is 188 g/mol. The molecule has 0 atom stereocenters. The Morgan fingerprint density at radius 1 is 1.23 bits per heavy atom. The SMILES string of the molecule is CC(C)(C=O)C1CCS(=O)(=O)CC1. The summed E-state index contributed by atoms with van der Waals surface area (Å²) in [6, 6.07) is 0. The minimum absolute atomic E-state index is 0.230. The minimum atomic E-state index is -2.80. The Bertz CT molecular complexity index is 276. The molecular formula is C9H16O3S. The largest absolute Gasteiger partial charge is 0.303 e. The molecule has 1 fully saturated rings. The number of carbonyl (C=O) groups is 1. The number of sulfone groups is 1. The van der Waals surface area contributed by atoms with Gasteiger partial charge in [0, 0.05) is 5.41 Å². The van der Waals surface area contributed by atoms with Crippen LogP contribution in [-0.2, 0) is 14.6 Å². The summed E-state index contributed by atoms with van der Waals surface area (Å²) in [5, 5.41) is 0. The highest BCUT2D eigenvalue weighted by atomic mass is 32.2. The molecule has 0 aromatic heterocycles. The van der Waals surface area contributed by atoms with Crippen LogP contribution < -0.4 is 0 Å². The molecule has 0 aliphatic carbocycles. The fourth-order valence-corrected chi connectivity index (χ4v) is 3.22. The van der Waals surface area contributed by atoms with E-state index < -0.39 is 9.84 Å². The van der Waals surface area contributed by atoms with Gasteiger partial charge in [-0.15, -0.1) is 0 Å². The maximum Gasteiger partial charge on any atom is 0.150 e. The van der Waals surface area contributed by atoms with Crippen LogP contribution in [0.3, 0.4) is 0 Å². The van der Waals surface area contributed by atoms with Crippen molar-refractivity contribution < 1.29 is 13.2 Å². The summed E-state index contributed by atoms with van der Waals surface area (Å²) in [6.07, 6.45) is 2.21. The summed E-state index contributed by atoms with van der Waals surface area (Å²) >= 11 is 0. The molecule has 3 nitrogen and oxygen atoms in total. The van der Waals surface area contributed by atoms with Crippen molar-refractivity contribution in [2.45, 2.75) is 26.7 Å². The van der Waals surface area contributed by atoms with E-state index in [1.54, 1.807) is 0 Å². The van der Waals surface area contributed by atoms with Crippen LogP contribution in [0, 0.1) is 11.3 Å². The second-order valence-electron chi connectivity index (χ2n) is 4.37. The smallest absolute Gasteiger partial charge is 0.150 e. The third kappa shape index (κ3) is 2.53. The van der Waals surface area contributed by atoms with Crippen molar-refractivity contribution >= 4 is 16.1 Å². The number of rotatable bonds is 2. The highest BCUT2D eigenvalue weighted by molar-refractivity contribution is 7.91. The van der Waals surface area contributed by atoms with E-state index in [0.29, 0.717) is 12.8 Å². The topological polar surface area (TPSA) is 51.2 Å². The van der Waals surface area contributed by atoms with Crippen molar-refractivity contribution in [3.63, 3.8) is 0 Å². The number of aldehydes is 1. The first-order chi connectivity index (χ1) is 5.87. The van der Waals surface area contributed by atoms with Gasteiger partial charge in [-0.05, 0) is 18.8 Å². The molecule has 0 aromatic carbocycles. The normalized spacial score (nSPS) is 24.2. The number of hydrogen-bond acceptors (Lipinski definition) is 3. The lowest BCUT2D eigenvalue weighted by Gasteiger charge is -2.32. The lowest BCUT2D eigenvalue weighted by molar-refractivity contribution is -0.117. The van der Waals surface area contributed by atoms with Gasteiger partial charge in [-0.3, -0.25) is 0 Å². The lowest BCUT2D eigenvalue weighted by atomic mass is 9.77. The maximum atomic E-state index is 11.1. The molecule has 0 aromatic rings. The van der Waals surface area contributed by atoms with Crippen LogP contribution in [-0.4, -0.2) is 26.2 Å². The molecule has 4 heteroatoms. The van der Waals surface area contributed by atoms with Crippen molar-refractivity contribution in [3.8, 4) is 0 Å². The second kappa shape index (κ2) is 3.40. The Morgan fingerprint density at radius 3 is 2.08 bits per heavy atom. The predicted molar refractivity (Wildman–Crippen MR) is 51.2 cm³/mol. The summed E-state index contributed by atoms with van der Waals surface area (Å²) in [5.74, 6) is 0.720. The summed E-state index contributed by atoms with van der Waals surface area (Å²) in [6.45, 7) is 3.76. The van der Waals surface area contributed by atoms with Crippen LogP contribution in [0.1, 0.15) is 26.7 Å². The maximum absolute atomic E-state index is 11.1. The first-order valence-electron chi connectivity index (χ1n) is 4.54. The Labute approximate surface area is 79.4 Å². The zero-order valence-electron chi connectivity index (χ0n) is 8.12. The van der Waals surface area contributed by atoms with Gasteiger partial charge in [-0.25, -0.2) is 8.42 Å². The summed E-state index contributed by atoms with van der Waals surface area (Å²) < 4.78 is 22.2. The van der Waals surface area contributed by atoms with Crippen molar-refractivity contribution in [2.24, 2.45) is 11.3 Å². The highest BCUT2D eigenvalue weighted by Gasteiger charge is 2.34. The highest BCUT2D eigenvalue weighted by Crippen LogP contribution is 2.33. The molecule has 1 heterocycles. The van der Waals surface area contributed by atoms with Gasteiger partial charge in [-0.1, -0.05) is 13.8 Å². The molecule has 1 aliphatic heterocycles. The fourth-order valence-electron chi connectivity index (χ4n) is 1.73. The van der Waals surface area contributed by atoms with Gasteiger partial charge in [0.2, 0.25) is 0 Å². The van der Waals surface area contributed by atoms with Gasteiger partial charge in [0.25, 0.3) is 0 Å². The molecule has 0 spiro atoms. The monoisotopic (exact) mass is 204 g/mol. The number of hydrogen-bond donors (Lipinski definition) is 0. The average Bonchev–Trinajstić information content (AvgIpc) is 2.04. The van der Waals surface area contributed by atoms with E-state index in [4.69, 9.17) is 0 Å². The summed E-state index contributed by atoms with van der Waals surface area (Å²) in [4.78, 5) is 10.7. The Kier molecular flexibility index (Phi) is 2.80. The Hall–Kier alpha value is -0.380. The zero-order valence-corrected chi connectivity index (χ0v) is 8.93. The van der Waals surface area contributed by atoms with E-state index in [0.717, 1.165) is 6.29 Å². The van der Waals surface area contributed by atoms with Gasteiger partial charge in [-0.2, -0.15) is 0 Å². The van der Waals surface area contributed by atoms with E-state index in [-0.39, 0.29) is 22.8 Å². The first kappa shape index (κ1) is 10.7. The van der Waals surface area contributed by atoms with Crippen LogP contribution in [0.4, 0.5) is 0 Å². The molecule has 0 unspecified atom stereocenters.